The monoisotopic (exact) mass is 350 g/mol. The number of sulfonamides is 1. The van der Waals surface area contributed by atoms with Crippen molar-refractivity contribution in [1.29, 1.82) is 0 Å². The first-order chi connectivity index (χ1) is 10.3. The Hall–Kier alpha value is -0.760. The summed E-state index contributed by atoms with van der Waals surface area (Å²) >= 11 is 0. The molecular weight excluding hydrogens is 327 g/mol. The lowest BCUT2D eigenvalue weighted by atomic mass is 10.2. The Kier molecular flexibility index (Phi) is 7.18. The molecule has 1 aromatic carbocycles. The van der Waals surface area contributed by atoms with Crippen LogP contribution in [0.15, 0.2) is 29.2 Å². The summed E-state index contributed by atoms with van der Waals surface area (Å²) in [5.41, 5.74) is 6.50. The van der Waals surface area contributed by atoms with Gasteiger partial charge in [-0.1, -0.05) is 17.7 Å². The Labute approximate surface area is 131 Å². The second kappa shape index (κ2) is 8.19. The molecule has 3 N–H and O–H groups in total. The van der Waals surface area contributed by atoms with E-state index in [-0.39, 0.29) is 24.7 Å². The van der Waals surface area contributed by atoms with Gasteiger partial charge in [0.15, 0.2) is 0 Å². The van der Waals surface area contributed by atoms with Crippen LogP contribution in [0.25, 0.3) is 0 Å². The lowest BCUT2D eigenvalue weighted by Crippen LogP contribution is -2.40. The van der Waals surface area contributed by atoms with Crippen LogP contribution in [0.4, 0.5) is 0 Å². The van der Waals surface area contributed by atoms with E-state index < -0.39 is 23.4 Å². The zero-order valence-corrected chi connectivity index (χ0v) is 14.7. The average Bonchev–Trinajstić information content (AvgIpc) is 2.45. The maximum Gasteiger partial charge on any atom is 0.349 e. The van der Waals surface area contributed by atoms with Gasteiger partial charge in [-0.05, 0) is 32.9 Å². The molecule has 1 aromatic rings. The minimum Gasteiger partial charge on any atom is -0.328 e. The number of hydrogen-bond donors (Lipinski definition) is 2. The number of benzene rings is 1. The Morgan fingerprint density at radius 2 is 1.68 bits per heavy atom. The van der Waals surface area contributed by atoms with Gasteiger partial charge in [-0.3, -0.25) is 4.57 Å². The van der Waals surface area contributed by atoms with Gasteiger partial charge < -0.3 is 14.8 Å². The molecule has 0 amide bonds. The van der Waals surface area contributed by atoms with Crippen molar-refractivity contribution >= 4 is 17.6 Å². The van der Waals surface area contributed by atoms with Gasteiger partial charge in [0.25, 0.3) is 0 Å². The molecule has 1 rings (SSSR count). The number of hydrogen-bond acceptors (Lipinski definition) is 6. The van der Waals surface area contributed by atoms with Crippen LogP contribution in [-0.2, 0) is 23.6 Å². The molecule has 0 unspecified atom stereocenters. The maximum absolute atomic E-state index is 12.7. The first-order valence-electron chi connectivity index (χ1n) is 6.97. The van der Waals surface area contributed by atoms with Crippen LogP contribution in [-0.4, -0.2) is 34.0 Å². The van der Waals surface area contributed by atoms with E-state index in [4.69, 9.17) is 14.8 Å². The van der Waals surface area contributed by atoms with Crippen LogP contribution in [0.1, 0.15) is 19.4 Å². The fraction of sp³-hybridized carbons (Fsp3) is 0.538. The molecule has 22 heavy (non-hydrogen) atoms. The largest absolute Gasteiger partial charge is 0.349 e. The summed E-state index contributed by atoms with van der Waals surface area (Å²) in [5.74, 6) is -1.14. The average molecular weight is 350 g/mol. The van der Waals surface area contributed by atoms with Gasteiger partial charge in [-0.15, -0.1) is 0 Å². The Bertz CT molecular complexity index is 608. The molecule has 0 heterocycles. The third-order valence-corrected chi connectivity index (χ3v) is 6.85. The summed E-state index contributed by atoms with van der Waals surface area (Å²) in [4.78, 5) is 0.0658. The molecule has 1 atom stereocenters. The molecular formula is C13H23N2O5PS. The highest BCUT2D eigenvalue weighted by Crippen LogP contribution is 2.51. The highest BCUT2D eigenvalue weighted by atomic mass is 32.2. The molecule has 9 heteroatoms. The standard InChI is InChI=1S/C13H23N2O5PS/c1-4-19-21(16,20-5-2)13(10-14)15-22(17,18)12-8-6-11(3)7-9-12/h6-9,13,15H,4-5,10,14H2,1-3H3/t13-/m0/s1. The Morgan fingerprint density at radius 3 is 2.09 bits per heavy atom. The van der Waals surface area contributed by atoms with Gasteiger partial charge in [0.2, 0.25) is 10.0 Å². The summed E-state index contributed by atoms with van der Waals surface area (Å²) in [6.45, 7) is 5.19. The molecule has 0 aliphatic heterocycles. The SMILES string of the molecule is CCOP(=O)(OCC)[C@@H](CN)NS(=O)(=O)c1ccc(C)cc1. The predicted octanol–water partition coefficient (Wildman–Crippen LogP) is 1.82. The van der Waals surface area contributed by atoms with Crippen molar-refractivity contribution < 1.29 is 22.0 Å². The molecule has 126 valence electrons. The number of nitrogens with one attached hydrogen (secondary N) is 1. The van der Waals surface area contributed by atoms with Crippen molar-refractivity contribution in [3.05, 3.63) is 29.8 Å². The summed E-state index contributed by atoms with van der Waals surface area (Å²) in [5, 5.41) is 0. The van der Waals surface area contributed by atoms with Crippen LogP contribution in [0.2, 0.25) is 0 Å². The van der Waals surface area contributed by atoms with E-state index >= 15 is 0 Å². The molecule has 0 radical (unpaired) electrons. The Balaban J connectivity index is 3.05. The first kappa shape index (κ1) is 19.3. The summed E-state index contributed by atoms with van der Waals surface area (Å²) < 4.78 is 50.0. The summed E-state index contributed by atoms with van der Waals surface area (Å²) in [6, 6.07) is 6.29. The van der Waals surface area contributed by atoms with E-state index in [1.54, 1.807) is 26.0 Å². The van der Waals surface area contributed by atoms with Crippen LogP contribution < -0.4 is 10.5 Å². The minimum absolute atomic E-state index is 0.0658. The van der Waals surface area contributed by atoms with Crippen molar-refractivity contribution in [2.75, 3.05) is 19.8 Å². The molecule has 0 fully saturated rings. The van der Waals surface area contributed by atoms with Gasteiger partial charge in [-0.2, -0.15) is 4.72 Å². The number of nitrogens with two attached hydrogens (primary N) is 1. The zero-order chi connectivity index (χ0) is 16.8. The lowest BCUT2D eigenvalue weighted by Gasteiger charge is -2.25. The van der Waals surface area contributed by atoms with Crippen molar-refractivity contribution in [3.8, 4) is 0 Å². The van der Waals surface area contributed by atoms with Gasteiger partial charge in [0.1, 0.15) is 5.78 Å². The fourth-order valence-electron chi connectivity index (χ4n) is 1.78. The van der Waals surface area contributed by atoms with E-state index in [0.717, 1.165) is 5.56 Å². The fourth-order valence-corrected chi connectivity index (χ4v) is 5.21. The molecule has 0 spiro atoms. The number of aryl methyl sites for hydroxylation is 1. The van der Waals surface area contributed by atoms with Crippen molar-refractivity contribution in [1.82, 2.24) is 4.72 Å². The van der Waals surface area contributed by atoms with E-state index in [1.807, 2.05) is 6.92 Å². The Morgan fingerprint density at radius 1 is 1.18 bits per heavy atom. The highest BCUT2D eigenvalue weighted by Gasteiger charge is 2.37. The van der Waals surface area contributed by atoms with Crippen LogP contribution in [0.5, 0.6) is 0 Å². The van der Waals surface area contributed by atoms with Crippen molar-refractivity contribution in [3.63, 3.8) is 0 Å². The van der Waals surface area contributed by atoms with Crippen molar-refractivity contribution in [2.45, 2.75) is 31.4 Å². The second-order valence-corrected chi connectivity index (χ2v) is 8.49. The van der Waals surface area contributed by atoms with Gasteiger partial charge in [0.05, 0.1) is 18.1 Å². The highest BCUT2D eigenvalue weighted by molar-refractivity contribution is 7.89. The van der Waals surface area contributed by atoms with E-state index in [1.165, 1.54) is 12.1 Å². The van der Waals surface area contributed by atoms with Gasteiger partial charge >= 0.3 is 7.60 Å². The van der Waals surface area contributed by atoms with Gasteiger partial charge in [-0.25, -0.2) is 8.42 Å². The quantitative estimate of drug-likeness (QED) is 0.658. The topological polar surface area (TPSA) is 108 Å². The third-order valence-electron chi connectivity index (χ3n) is 2.85. The summed E-state index contributed by atoms with van der Waals surface area (Å²) in [7, 11) is -7.54. The second-order valence-electron chi connectivity index (χ2n) is 4.56. The zero-order valence-electron chi connectivity index (χ0n) is 13.0. The smallest absolute Gasteiger partial charge is 0.328 e. The predicted molar refractivity (Wildman–Crippen MR) is 85.2 cm³/mol. The lowest BCUT2D eigenvalue weighted by molar-refractivity contribution is 0.211. The molecule has 0 bridgehead atoms. The molecule has 0 saturated heterocycles. The van der Waals surface area contributed by atoms with Crippen LogP contribution in [0.3, 0.4) is 0 Å². The molecule has 0 aliphatic carbocycles. The molecule has 0 aliphatic rings. The van der Waals surface area contributed by atoms with E-state index in [9.17, 15) is 13.0 Å². The van der Waals surface area contributed by atoms with Crippen LogP contribution >= 0.6 is 7.60 Å². The number of rotatable bonds is 9. The van der Waals surface area contributed by atoms with Crippen molar-refractivity contribution in [2.24, 2.45) is 5.73 Å². The third kappa shape index (κ3) is 4.87. The first-order valence-corrected chi connectivity index (χ1v) is 10.1. The van der Waals surface area contributed by atoms with E-state index in [0.29, 0.717) is 0 Å². The maximum atomic E-state index is 12.7. The molecule has 7 nitrogen and oxygen atoms in total. The molecule has 0 aromatic heterocycles. The van der Waals surface area contributed by atoms with Gasteiger partial charge in [0, 0.05) is 6.54 Å². The van der Waals surface area contributed by atoms with Crippen LogP contribution in [0, 0.1) is 6.92 Å². The summed E-state index contributed by atoms with van der Waals surface area (Å²) in [6.07, 6.45) is 0. The van der Waals surface area contributed by atoms with E-state index in [2.05, 4.69) is 4.72 Å². The minimum atomic E-state index is -3.87. The molecule has 0 saturated carbocycles. The normalized spacial score (nSPS) is 14.0.